The van der Waals surface area contributed by atoms with E-state index >= 15 is 0 Å². The molecule has 2 aromatic rings. The standard InChI is InChI=1S/C14H15Cl2N3.ClH/c1-9-12-4-5-17-7-14(12)19(18-9)8-10-2-3-11(15)6-13(10)16;/h2-3,6,17H,4-5,7-8H2,1H3;1H. The summed E-state index contributed by atoms with van der Waals surface area (Å²) < 4.78 is 2.05. The molecule has 0 fully saturated rings. The maximum Gasteiger partial charge on any atom is 0.0677 e. The minimum atomic E-state index is 0. The minimum Gasteiger partial charge on any atom is -0.311 e. The van der Waals surface area contributed by atoms with Gasteiger partial charge < -0.3 is 5.32 Å². The van der Waals surface area contributed by atoms with Crippen LogP contribution in [0, 0.1) is 6.92 Å². The normalized spacial score (nSPS) is 13.8. The number of aromatic nitrogens is 2. The molecule has 0 amide bonds. The highest BCUT2D eigenvalue weighted by molar-refractivity contribution is 6.35. The van der Waals surface area contributed by atoms with Crippen LogP contribution in [0.15, 0.2) is 18.2 Å². The summed E-state index contributed by atoms with van der Waals surface area (Å²) in [4.78, 5) is 0. The zero-order chi connectivity index (χ0) is 13.4. The second-order valence-electron chi connectivity index (χ2n) is 4.83. The highest BCUT2D eigenvalue weighted by Crippen LogP contribution is 2.24. The van der Waals surface area contributed by atoms with Crippen LogP contribution in [-0.4, -0.2) is 16.3 Å². The van der Waals surface area contributed by atoms with Crippen molar-refractivity contribution in [2.45, 2.75) is 26.4 Å². The predicted octanol–water partition coefficient (Wildman–Crippen LogP) is 3.61. The van der Waals surface area contributed by atoms with Gasteiger partial charge in [0.1, 0.15) is 0 Å². The number of hydrogen-bond donors (Lipinski definition) is 1. The first kappa shape index (κ1) is 15.6. The van der Waals surface area contributed by atoms with E-state index in [2.05, 4.69) is 17.3 Å². The molecule has 1 N–H and O–H groups in total. The van der Waals surface area contributed by atoms with Gasteiger partial charge in [-0.15, -0.1) is 12.4 Å². The van der Waals surface area contributed by atoms with Crippen molar-refractivity contribution >= 4 is 35.6 Å². The van der Waals surface area contributed by atoms with Gasteiger partial charge in [-0.05, 0) is 43.1 Å². The average molecular weight is 333 g/mol. The van der Waals surface area contributed by atoms with Crippen LogP contribution < -0.4 is 5.32 Å². The molecule has 3 nitrogen and oxygen atoms in total. The Balaban J connectivity index is 0.00000147. The van der Waals surface area contributed by atoms with Crippen molar-refractivity contribution in [3.8, 4) is 0 Å². The van der Waals surface area contributed by atoms with E-state index in [0.717, 1.165) is 30.8 Å². The van der Waals surface area contributed by atoms with Crippen LogP contribution in [0.2, 0.25) is 10.0 Å². The summed E-state index contributed by atoms with van der Waals surface area (Å²) >= 11 is 12.2. The number of halogens is 3. The van der Waals surface area contributed by atoms with E-state index in [1.807, 2.05) is 16.8 Å². The van der Waals surface area contributed by atoms with Gasteiger partial charge in [-0.3, -0.25) is 4.68 Å². The number of nitrogens with zero attached hydrogens (tertiary/aromatic N) is 2. The van der Waals surface area contributed by atoms with Crippen molar-refractivity contribution in [3.63, 3.8) is 0 Å². The van der Waals surface area contributed by atoms with Crippen molar-refractivity contribution < 1.29 is 0 Å². The van der Waals surface area contributed by atoms with Gasteiger partial charge in [0.15, 0.2) is 0 Å². The van der Waals surface area contributed by atoms with Gasteiger partial charge in [0.2, 0.25) is 0 Å². The van der Waals surface area contributed by atoms with Crippen LogP contribution in [0.25, 0.3) is 0 Å². The fourth-order valence-corrected chi connectivity index (χ4v) is 3.02. The molecule has 0 spiro atoms. The van der Waals surface area contributed by atoms with Crippen LogP contribution in [0.3, 0.4) is 0 Å². The van der Waals surface area contributed by atoms with E-state index in [-0.39, 0.29) is 12.4 Å². The number of aryl methyl sites for hydroxylation is 1. The first-order valence-corrected chi connectivity index (χ1v) is 7.10. The quantitative estimate of drug-likeness (QED) is 0.910. The molecule has 0 atom stereocenters. The molecule has 3 rings (SSSR count). The third-order valence-corrected chi connectivity index (χ3v) is 4.13. The first-order valence-electron chi connectivity index (χ1n) is 6.35. The van der Waals surface area contributed by atoms with Crippen LogP contribution >= 0.6 is 35.6 Å². The molecule has 1 aliphatic heterocycles. The first-order chi connectivity index (χ1) is 9.15. The molecule has 0 saturated heterocycles. The zero-order valence-electron chi connectivity index (χ0n) is 11.1. The summed E-state index contributed by atoms with van der Waals surface area (Å²) in [7, 11) is 0. The molecule has 1 aliphatic rings. The number of rotatable bonds is 2. The van der Waals surface area contributed by atoms with Crippen LogP contribution in [0.4, 0.5) is 0 Å². The second kappa shape index (κ2) is 6.35. The molecule has 2 heterocycles. The summed E-state index contributed by atoms with van der Waals surface area (Å²) in [6.45, 7) is 4.67. The van der Waals surface area contributed by atoms with E-state index < -0.39 is 0 Å². The van der Waals surface area contributed by atoms with Gasteiger partial charge in [0.05, 0.1) is 17.9 Å². The lowest BCUT2D eigenvalue weighted by atomic mass is 10.1. The van der Waals surface area contributed by atoms with Crippen LogP contribution in [-0.2, 0) is 19.5 Å². The number of nitrogens with one attached hydrogen (secondary N) is 1. The van der Waals surface area contributed by atoms with Crippen molar-refractivity contribution in [2.75, 3.05) is 6.54 Å². The Bertz CT molecular complexity index is 622. The van der Waals surface area contributed by atoms with E-state index in [4.69, 9.17) is 23.2 Å². The molecule has 1 aromatic heterocycles. The highest BCUT2D eigenvalue weighted by Gasteiger charge is 2.18. The summed E-state index contributed by atoms with van der Waals surface area (Å²) in [5.41, 5.74) is 4.82. The Morgan fingerprint density at radius 2 is 2.15 bits per heavy atom. The molecule has 108 valence electrons. The smallest absolute Gasteiger partial charge is 0.0677 e. The Kier molecular flexibility index (Phi) is 4.97. The molecule has 0 unspecified atom stereocenters. The number of hydrogen-bond acceptors (Lipinski definition) is 2. The topological polar surface area (TPSA) is 29.9 Å². The number of benzene rings is 1. The largest absolute Gasteiger partial charge is 0.311 e. The van der Waals surface area contributed by atoms with Gasteiger partial charge in [0.25, 0.3) is 0 Å². The lowest BCUT2D eigenvalue weighted by Crippen LogP contribution is -2.25. The van der Waals surface area contributed by atoms with E-state index in [0.29, 0.717) is 16.6 Å². The van der Waals surface area contributed by atoms with Gasteiger partial charge in [-0.25, -0.2) is 0 Å². The lowest BCUT2D eigenvalue weighted by Gasteiger charge is -2.16. The fraction of sp³-hybridized carbons (Fsp3) is 0.357. The van der Waals surface area contributed by atoms with Crippen molar-refractivity contribution in [1.29, 1.82) is 0 Å². The molecule has 0 saturated carbocycles. The molecule has 0 bridgehead atoms. The summed E-state index contributed by atoms with van der Waals surface area (Å²) in [5, 5.41) is 9.38. The molecule has 0 aliphatic carbocycles. The highest BCUT2D eigenvalue weighted by atomic mass is 35.5. The lowest BCUT2D eigenvalue weighted by molar-refractivity contribution is 0.570. The molecular formula is C14H16Cl3N3. The van der Waals surface area contributed by atoms with Crippen LogP contribution in [0.1, 0.15) is 22.5 Å². The van der Waals surface area contributed by atoms with E-state index in [1.54, 1.807) is 6.07 Å². The SMILES string of the molecule is Cc1nn(Cc2ccc(Cl)cc2Cl)c2c1CCNC2.Cl. The Morgan fingerprint density at radius 1 is 1.35 bits per heavy atom. The summed E-state index contributed by atoms with van der Waals surface area (Å²) in [5.74, 6) is 0. The second-order valence-corrected chi connectivity index (χ2v) is 5.67. The molecular weight excluding hydrogens is 317 g/mol. The monoisotopic (exact) mass is 331 g/mol. The van der Waals surface area contributed by atoms with Gasteiger partial charge in [0, 0.05) is 16.6 Å². The van der Waals surface area contributed by atoms with Gasteiger partial charge in [-0.2, -0.15) is 5.10 Å². The van der Waals surface area contributed by atoms with Crippen molar-refractivity contribution in [1.82, 2.24) is 15.1 Å². The molecule has 20 heavy (non-hydrogen) atoms. The maximum atomic E-state index is 6.23. The van der Waals surface area contributed by atoms with Crippen molar-refractivity contribution in [3.05, 3.63) is 50.8 Å². The molecule has 6 heteroatoms. The fourth-order valence-electron chi connectivity index (χ4n) is 2.55. The molecule has 0 radical (unpaired) electrons. The third-order valence-electron chi connectivity index (χ3n) is 3.55. The number of fused-ring (bicyclic) bond motifs is 1. The summed E-state index contributed by atoms with van der Waals surface area (Å²) in [6.07, 6.45) is 1.05. The van der Waals surface area contributed by atoms with Gasteiger partial charge in [-0.1, -0.05) is 29.3 Å². The third kappa shape index (κ3) is 2.96. The van der Waals surface area contributed by atoms with E-state index in [9.17, 15) is 0 Å². The predicted molar refractivity (Wildman–Crippen MR) is 85.2 cm³/mol. The minimum absolute atomic E-state index is 0. The Morgan fingerprint density at radius 3 is 2.90 bits per heavy atom. The Labute approximate surface area is 134 Å². The zero-order valence-corrected chi connectivity index (χ0v) is 13.4. The average Bonchev–Trinajstić information content (AvgIpc) is 2.71. The van der Waals surface area contributed by atoms with Crippen molar-refractivity contribution in [2.24, 2.45) is 0 Å². The van der Waals surface area contributed by atoms with E-state index in [1.165, 1.54) is 11.3 Å². The van der Waals surface area contributed by atoms with Gasteiger partial charge >= 0.3 is 0 Å². The summed E-state index contributed by atoms with van der Waals surface area (Å²) in [6, 6.07) is 5.60. The Hall–Kier alpha value is -0.740. The molecule has 1 aromatic carbocycles. The van der Waals surface area contributed by atoms with Crippen LogP contribution in [0.5, 0.6) is 0 Å². The maximum absolute atomic E-state index is 6.23.